The molecule has 0 radical (unpaired) electrons. The van der Waals surface area contributed by atoms with Gasteiger partial charge in [0.05, 0.1) is 6.10 Å². The Labute approximate surface area is 99.2 Å². The number of nitrogens with zero attached hydrogens (tertiary/aromatic N) is 1. The van der Waals surface area contributed by atoms with E-state index in [2.05, 4.69) is 17.1 Å². The normalized spacial score (nSPS) is 36.8. The summed E-state index contributed by atoms with van der Waals surface area (Å²) in [5, 5.41) is 13.0. The molecule has 2 rings (SSSR count). The van der Waals surface area contributed by atoms with Gasteiger partial charge in [0.2, 0.25) is 0 Å². The maximum atomic E-state index is 9.27. The highest BCUT2D eigenvalue weighted by molar-refractivity contribution is 4.88. The molecule has 16 heavy (non-hydrogen) atoms. The minimum absolute atomic E-state index is 0.0279. The first-order valence-electron chi connectivity index (χ1n) is 6.94. The van der Waals surface area contributed by atoms with Crippen LogP contribution in [0.15, 0.2) is 0 Å². The lowest BCUT2D eigenvalue weighted by molar-refractivity contribution is 0.0568. The van der Waals surface area contributed by atoms with Crippen LogP contribution in [0.5, 0.6) is 0 Å². The van der Waals surface area contributed by atoms with Gasteiger partial charge in [-0.05, 0) is 58.2 Å². The van der Waals surface area contributed by atoms with E-state index in [1.807, 2.05) is 0 Å². The fourth-order valence-electron chi connectivity index (χ4n) is 2.92. The fraction of sp³-hybridized carbons (Fsp3) is 1.00. The molecule has 3 nitrogen and oxygen atoms in total. The third kappa shape index (κ3) is 3.44. The molecule has 1 atom stereocenters. The lowest BCUT2D eigenvalue weighted by Gasteiger charge is -2.35. The zero-order valence-electron chi connectivity index (χ0n) is 10.5. The Morgan fingerprint density at radius 3 is 2.69 bits per heavy atom. The molecule has 0 amide bonds. The van der Waals surface area contributed by atoms with Gasteiger partial charge in [0.25, 0.3) is 0 Å². The first-order valence-corrected chi connectivity index (χ1v) is 6.94. The molecular weight excluding hydrogens is 200 g/mol. The molecule has 1 unspecified atom stereocenters. The van der Waals surface area contributed by atoms with Crippen LogP contribution in [0.4, 0.5) is 0 Å². The van der Waals surface area contributed by atoms with Crippen molar-refractivity contribution in [2.24, 2.45) is 0 Å². The molecule has 0 spiro atoms. The van der Waals surface area contributed by atoms with E-state index in [1.165, 1.54) is 45.3 Å². The average molecular weight is 226 g/mol. The van der Waals surface area contributed by atoms with E-state index in [-0.39, 0.29) is 6.10 Å². The van der Waals surface area contributed by atoms with E-state index in [0.29, 0.717) is 12.1 Å². The maximum Gasteiger partial charge on any atom is 0.0570 e. The van der Waals surface area contributed by atoms with Crippen LogP contribution >= 0.6 is 0 Å². The third-order valence-corrected chi connectivity index (χ3v) is 3.95. The third-order valence-electron chi connectivity index (χ3n) is 3.95. The Hall–Kier alpha value is -0.120. The number of aliphatic hydroxyl groups is 1. The summed E-state index contributed by atoms with van der Waals surface area (Å²) in [7, 11) is 0. The van der Waals surface area contributed by atoms with E-state index in [0.717, 1.165) is 12.8 Å². The van der Waals surface area contributed by atoms with Gasteiger partial charge in [-0.25, -0.2) is 0 Å². The van der Waals surface area contributed by atoms with Crippen LogP contribution in [-0.4, -0.2) is 47.8 Å². The molecule has 2 fully saturated rings. The molecule has 1 saturated heterocycles. The van der Waals surface area contributed by atoms with E-state index >= 15 is 0 Å². The Morgan fingerprint density at radius 2 is 2.00 bits per heavy atom. The zero-order chi connectivity index (χ0) is 11.4. The number of hydrogen-bond acceptors (Lipinski definition) is 3. The summed E-state index contributed by atoms with van der Waals surface area (Å²) in [4.78, 5) is 2.59. The van der Waals surface area contributed by atoms with Gasteiger partial charge in [0.15, 0.2) is 0 Å². The maximum absolute atomic E-state index is 9.27. The van der Waals surface area contributed by atoms with Crippen LogP contribution in [-0.2, 0) is 0 Å². The Kier molecular flexibility index (Phi) is 4.62. The first kappa shape index (κ1) is 12.3. The number of likely N-dealkylation sites (tertiary alicyclic amines) is 1. The van der Waals surface area contributed by atoms with Crippen molar-refractivity contribution in [2.75, 3.05) is 19.6 Å². The SMILES string of the molecule is CCCN1CCCC(NC2CC(O)C2)CC1. The highest BCUT2D eigenvalue weighted by Crippen LogP contribution is 2.22. The Balaban J connectivity index is 1.67. The van der Waals surface area contributed by atoms with Gasteiger partial charge in [0, 0.05) is 12.1 Å². The van der Waals surface area contributed by atoms with E-state index < -0.39 is 0 Å². The molecule has 0 aromatic rings. The van der Waals surface area contributed by atoms with Crippen molar-refractivity contribution in [3.63, 3.8) is 0 Å². The summed E-state index contributed by atoms with van der Waals surface area (Å²) in [6, 6.07) is 1.29. The highest BCUT2D eigenvalue weighted by Gasteiger charge is 2.29. The molecular formula is C13H26N2O. The van der Waals surface area contributed by atoms with Crippen molar-refractivity contribution in [3.8, 4) is 0 Å². The highest BCUT2D eigenvalue weighted by atomic mass is 16.3. The van der Waals surface area contributed by atoms with Crippen LogP contribution in [0, 0.1) is 0 Å². The van der Waals surface area contributed by atoms with Crippen molar-refractivity contribution in [1.29, 1.82) is 0 Å². The molecule has 2 N–H and O–H groups in total. The summed E-state index contributed by atoms with van der Waals surface area (Å²) in [6.07, 6.45) is 7.10. The summed E-state index contributed by atoms with van der Waals surface area (Å²) < 4.78 is 0. The molecule has 1 aliphatic carbocycles. The Morgan fingerprint density at radius 1 is 1.19 bits per heavy atom. The van der Waals surface area contributed by atoms with Gasteiger partial charge in [-0.2, -0.15) is 0 Å². The van der Waals surface area contributed by atoms with Gasteiger partial charge in [-0.3, -0.25) is 0 Å². The second-order valence-corrected chi connectivity index (χ2v) is 5.46. The quantitative estimate of drug-likeness (QED) is 0.760. The number of aliphatic hydroxyl groups excluding tert-OH is 1. The van der Waals surface area contributed by atoms with Crippen LogP contribution in [0.25, 0.3) is 0 Å². The van der Waals surface area contributed by atoms with E-state index in [4.69, 9.17) is 0 Å². The Bertz CT molecular complexity index is 204. The number of hydrogen-bond donors (Lipinski definition) is 2. The van der Waals surface area contributed by atoms with Crippen LogP contribution in [0.2, 0.25) is 0 Å². The predicted octanol–water partition coefficient (Wildman–Crippen LogP) is 1.36. The van der Waals surface area contributed by atoms with Crippen molar-refractivity contribution in [3.05, 3.63) is 0 Å². The molecule has 0 aromatic carbocycles. The minimum atomic E-state index is -0.0279. The van der Waals surface area contributed by atoms with Crippen LogP contribution in [0.1, 0.15) is 45.4 Å². The van der Waals surface area contributed by atoms with E-state index in [1.54, 1.807) is 0 Å². The zero-order valence-corrected chi connectivity index (χ0v) is 10.5. The van der Waals surface area contributed by atoms with E-state index in [9.17, 15) is 5.11 Å². The minimum Gasteiger partial charge on any atom is -0.393 e. The van der Waals surface area contributed by atoms with Crippen LogP contribution < -0.4 is 5.32 Å². The van der Waals surface area contributed by atoms with Gasteiger partial charge in [-0.1, -0.05) is 6.92 Å². The van der Waals surface area contributed by atoms with Crippen molar-refractivity contribution < 1.29 is 5.11 Å². The average Bonchev–Trinajstić information content (AvgIpc) is 2.43. The van der Waals surface area contributed by atoms with Crippen molar-refractivity contribution >= 4 is 0 Å². The summed E-state index contributed by atoms with van der Waals surface area (Å²) >= 11 is 0. The topological polar surface area (TPSA) is 35.5 Å². The smallest absolute Gasteiger partial charge is 0.0570 e. The van der Waals surface area contributed by atoms with Crippen LogP contribution in [0.3, 0.4) is 0 Å². The largest absolute Gasteiger partial charge is 0.393 e. The molecule has 1 aliphatic heterocycles. The van der Waals surface area contributed by atoms with Gasteiger partial charge in [0.1, 0.15) is 0 Å². The summed E-state index contributed by atoms with van der Waals surface area (Å²) in [5.74, 6) is 0. The summed E-state index contributed by atoms with van der Waals surface area (Å²) in [6.45, 7) is 6.05. The van der Waals surface area contributed by atoms with Gasteiger partial charge >= 0.3 is 0 Å². The standard InChI is InChI=1S/C13H26N2O/c1-2-6-15-7-3-4-11(5-8-15)14-12-9-13(16)10-12/h11-14,16H,2-10H2,1H3. The molecule has 0 aromatic heterocycles. The van der Waals surface area contributed by atoms with Gasteiger partial charge in [-0.15, -0.1) is 0 Å². The summed E-state index contributed by atoms with van der Waals surface area (Å²) in [5.41, 5.74) is 0. The monoisotopic (exact) mass is 226 g/mol. The molecule has 1 saturated carbocycles. The fourth-order valence-corrected chi connectivity index (χ4v) is 2.92. The second-order valence-electron chi connectivity index (χ2n) is 5.46. The number of nitrogens with one attached hydrogen (secondary N) is 1. The van der Waals surface area contributed by atoms with Crippen molar-refractivity contribution in [2.45, 2.75) is 63.6 Å². The molecule has 2 aliphatic rings. The molecule has 1 heterocycles. The first-order chi connectivity index (χ1) is 7.78. The van der Waals surface area contributed by atoms with Crippen molar-refractivity contribution in [1.82, 2.24) is 10.2 Å². The molecule has 3 heteroatoms. The lowest BCUT2D eigenvalue weighted by atomic mass is 9.88. The number of rotatable bonds is 4. The molecule has 94 valence electrons. The predicted molar refractivity (Wildman–Crippen MR) is 66.5 cm³/mol. The van der Waals surface area contributed by atoms with Gasteiger partial charge < -0.3 is 15.3 Å². The second kappa shape index (κ2) is 5.99. The molecule has 0 bridgehead atoms. The lowest BCUT2D eigenvalue weighted by Crippen LogP contribution is -2.48.